The molecule has 126 valence electrons. The van der Waals surface area contributed by atoms with Crippen LogP contribution in [0.5, 0.6) is 5.75 Å². The first-order chi connectivity index (χ1) is 12.2. The van der Waals surface area contributed by atoms with Gasteiger partial charge in [-0.25, -0.2) is 4.68 Å². The Bertz CT molecular complexity index is 852. The Morgan fingerprint density at radius 2 is 1.92 bits per heavy atom. The molecular formula is C20H19N3O2. The smallest absolute Gasteiger partial charge is 0.244 e. The van der Waals surface area contributed by atoms with E-state index in [1.54, 1.807) is 24.1 Å². The SMILES string of the molecule is COc1ccc(CNC(=O)/C=C/c2cnn(-c3ccccc3)c2)cc1. The fraction of sp³-hybridized carbons (Fsp3) is 0.100. The predicted octanol–water partition coefficient (Wildman–Crippen LogP) is 3.21. The molecule has 1 aromatic heterocycles. The van der Waals surface area contributed by atoms with E-state index in [-0.39, 0.29) is 5.91 Å². The molecule has 1 heterocycles. The van der Waals surface area contributed by atoms with Crippen molar-refractivity contribution in [2.24, 2.45) is 0 Å². The maximum atomic E-state index is 11.9. The van der Waals surface area contributed by atoms with E-state index >= 15 is 0 Å². The summed E-state index contributed by atoms with van der Waals surface area (Å²) in [5.41, 5.74) is 2.86. The topological polar surface area (TPSA) is 56.1 Å². The number of carbonyl (C=O) groups excluding carboxylic acids is 1. The van der Waals surface area contributed by atoms with Crippen molar-refractivity contribution < 1.29 is 9.53 Å². The number of para-hydroxylation sites is 1. The van der Waals surface area contributed by atoms with Crippen molar-refractivity contribution in [1.29, 1.82) is 0 Å². The van der Waals surface area contributed by atoms with E-state index in [2.05, 4.69) is 10.4 Å². The van der Waals surface area contributed by atoms with Gasteiger partial charge in [0.1, 0.15) is 5.75 Å². The summed E-state index contributed by atoms with van der Waals surface area (Å²) in [6.45, 7) is 0.469. The lowest BCUT2D eigenvalue weighted by Gasteiger charge is -2.04. The number of ether oxygens (including phenoxy) is 1. The van der Waals surface area contributed by atoms with E-state index in [9.17, 15) is 4.79 Å². The van der Waals surface area contributed by atoms with Crippen LogP contribution in [-0.4, -0.2) is 22.8 Å². The lowest BCUT2D eigenvalue weighted by molar-refractivity contribution is -0.116. The van der Waals surface area contributed by atoms with Crippen molar-refractivity contribution in [2.45, 2.75) is 6.54 Å². The third kappa shape index (κ3) is 4.57. The molecule has 0 unspecified atom stereocenters. The minimum absolute atomic E-state index is 0.150. The van der Waals surface area contributed by atoms with Crippen molar-refractivity contribution in [3.63, 3.8) is 0 Å². The molecule has 5 heteroatoms. The average molecular weight is 333 g/mol. The van der Waals surface area contributed by atoms with Gasteiger partial charge in [-0.15, -0.1) is 0 Å². The van der Waals surface area contributed by atoms with Gasteiger partial charge in [-0.2, -0.15) is 5.10 Å². The van der Waals surface area contributed by atoms with Gasteiger partial charge in [0.25, 0.3) is 0 Å². The van der Waals surface area contributed by atoms with Gasteiger partial charge in [-0.3, -0.25) is 4.79 Å². The Hall–Kier alpha value is -3.34. The van der Waals surface area contributed by atoms with Crippen LogP contribution in [0.4, 0.5) is 0 Å². The third-order valence-corrected chi connectivity index (χ3v) is 3.68. The van der Waals surface area contributed by atoms with Crippen LogP contribution in [0.1, 0.15) is 11.1 Å². The zero-order chi connectivity index (χ0) is 17.5. The number of hydrogen-bond donors (Lipinski definition) is 1. The Kier molecular flexibility index (Phi) is 5.26. The molecule has 0 bridgehead atoms. The Balaban J connectivity index is 1.54. The van der Waals surface area contributed by atoms with Crippen LogP contribution >= 0.6 is 0 Å². The number of carbonyl (C=O) groups is 1. The van der Waals surface area contributed by atoms with Crippen LogP contribution in [0.25, 0.3) is 11.8 Å². The Morgan fingerprint density at radius 1 is 1.16 bits per heavy atom. The number of benzene rings is 2. The summed E-state index contributed by atoms with van der Waals surface area (Å²) >= 11 is 0. The van der Waals surface area contributed by atoms with Crippen LogP contribution in [0.2, 0.25) is 0 Å². The minimum Gasteiger partial charge on any atom is -0.497 e. The summed E-state index contributed by atoms with van der Waals surface area (Å²) < 4.78 is 6.88. The summed E-state index contributed by atoms with van der Waals surface area (Å²) in [4.78, 5) is 11.9. The van der Waals surface area contributed by atoms with E-state index in [1.807, 2.05) is 60.8 Å². The molecule has 0 saturated heterocycles. The quantitative estimate of drug-likeness (QED) is 0.705. The standard InChI is InChI=1S/C20H19N3O2/c1-25-19-10-7-16(8-11-19)13-21-20(24)12-9-17-14-22-23(15-17)18-5-3-2-4-6-18/h2-12,14-15H,13H2,1H3,(H,21,24)/b12-9+. The summed E-state index contributed by atoms with van der Waals surface area (Å²) in [5, 5.41) is 7.15. The fourth-order valence-corrected chi connectivity index (χ4v) is 2.31. The third-order valence-electron chi connectivity index (χ3n) is 3.68. The van der Waals surface area contributed by atoms with Crippen molar-refractivity contribution in [2.75, 3.05) is 7.11 Å². The van der Waals surface area contributed by atoms with E-state index < -0.39 is 0 Å². The molecule has 3 aromatic rings. The summed E-state index contributed by atoms with van der Waals surface area (Å²) in [6, 6.07) is 17.4. The van der Waals surface area contributed by atoms with Gasteiger partial charge in [0.05, 0.1) is 19.0 Å². The number of nitrogens with one attached hydrogen (secondary N) is 1. The normalized spacial score (nSPS) is 10.8. The van der Waals surface area contributed by atoms with Crippen LogP contribution < -0.4 is 10.1 Å². The van der Waals surface area contributed by atoms with Gasteiger partial charge in [0.2, 0.25) is 5.91 Å². The predicted molar refractivity (Wildman–Crippen MR) is 97.4 cm³/mol. The molecule has 0 spiro atoms. The first-order valence-electron chi connectivity index (χ1n) is 7.93. The van der Waals surface area contributed by atoms with E-state index in [0.29, 0.717) is 6.54 Å². The first kappa shape index (κ1) is 16.5. The number of aromatic nitrogens is 2. The minimum atomic E-state index is -0.150. The zero-order valence-electron chi connectivity index (χ0n) is 13.9. The Labute approximate surface area is 146 Å². The molecule has 0 radical (unpaired) electrons. The molecule has 2 aromatic carbocycles. The van der Waals surface area contributed by atoms with E-state index in [4.69, 9.17) is 4.74 Å². The van der Waals surface area contributed by atoms with Crippen molar-refractivity contribution in [1.82, 2.24) is 15.1 Å². The van der Waals surface area contributed by atoms with E-state index in [1.165, 1.54) is 6.08 Å². The molecule has 0 aliphatic carbocycles. The van der Waals surface area contributed by atoms with Crippen molar-refractivity contribution in [3.05, 3.63) is 84.2 Å². The zero-order valence-corrected chi connectivity index (χ0v) is 13.9. The summed E-state index contributed by atoms with van der Waals surface area (Å²) in [6.07, 6.45) is 6.86. The molecule has 1 amide bonds. The largest absolute Gasteiger partial charge is 0.497 e. The molecule has 0 fully saturated rings. The molecule has 5 nitrogen and oxygen atoms in total. The Morgan fingerprint density at radius 3 is 2.64 bits per heavy atom. The van der Waals surface area contributed by atoms with Crippen LogP contribution in [0.3, 0.4) is 0 Å². The molecule has 1 N–H and O–H groups in total. The monoisotopic (exact) mass is 333 g/mol. The lowest BCUT2D eigenvalue weighted by atomic mass is 10.2. The highest BCUT2D eigenvalue weighted by Crippen LogP contribution is 2.11. The first-order valence-corrected chi connectivity index (χ1v) is 7.93. The highest BCUT2D eigenvalue weighted by molar-refractivity contribution is 5.91. The molecule has 3 rings (SSSR count). The fourth-order valence-electron chi connectivity index (χ4n) is 2.31. The van der Waals surface area contributed by atoms with Crippen LogP contribution in [-0.2, 0) is 11.3 Å². The molecular weight excluding hydrogens is 314 g/mol. The molecule has 0 saturated carbocycles. The van der Waals surface area contributed by atoms with Gasteiger partial charge >= 0.3 is 0 Å². The van der Waals surface area contributed by atoms with Crippen molar-refractivity contribution in [3.8, 4) is 11.4 Å². The highest BCUT2D eigenvalue weighted by Gasteiger charge is 2.00. The van der Waals surface area contributed by atoms with Crippen molar-refractivity contribution >= 4 is 12.0 Å². The number of amides is 1. The number of hydrogen-bond acceptors (Lipinski definition) is 3. The average Bonchev–Trinajstić information content (AvgIpc) is 3.15. The van der Waals surface area contributed by atoms with Crippen LogP contribution in [0, 0.1) is 0 Å². The van der Waals surface area contributed by atoms with Gasteiger partial charge in [0.15, 0.2) is 0 Å². The maximum absolute atomic E-state index is 11.9. The molecule has 0 atom stereocenters. The van der Waals surface area contributed by atoms with Gasteiger partial charge in [0, 0.05) is 24.4 Å². The highest BCUT2D eigenvalue weighted by atomic mass is 16.5. The second-order valence-corrected chi connectivity index (χ2v) is 5.45. The summed E-state index contributed by atoms with van der Waals surface area (Å²) in [5.74, 6) is 0.647. The second-order valence-electron chi connectivity index (χ2n) is 5.45. The summed E-state index contributed by atoms with van der Waals surface area (Å²) in [7, 11) is 1.63. The molecule has 25 heavy (non-hydrogen) atoms. The maximum Gasteiger partial charge on any atom is 0.244 e. The molecule has 0 aliphatic heterocycles. The van der Waals surface area contributed by atoms with E-state index in [0.717, 1.165) is 22.6 Å². The van der Waals surface area contributed by atoms with Gasteiger partial charge in [-0.05, 0) is 35.9 Å². The lowest BCUT2D eigenvalue weighted by Crippen LogP contribution is -2.20. The second kappa shape index (κ2) is 7.97. The number of methoxy groups -OCH3 is 1. The van der Waals surface area contributed by atoms with Gasteiger partial charge < -0.3 is 10.1 Å². The van der Waals surface area contributed by atoms with Crippen LogP contribution in [0.15, 0.2) is 73.1 Å². The number of nitrogens with zero attached hydrogens (tertiary/aromatic N) is 2. The molecule has 0 aliphatic rings. The number of rotatable bonds is 6. The van der Waals surface area contributed by atoms with Gasteiger partial charge in [-0.1, -0.05) is 30.3 Å².